The van der Waals surface area contributed by atoms with E-state index in [1.54, 1.807) is 4.90 Å². The first-order valence-corrected chi connectivity index (χ1v) is 13.5. The highest BCUT2D eigenvalue weighted by atomic mass is 16.2. The molecule has 1 unspecified atom stereocenters. The predicted molar refractivity (Wildman–Crippen MR) is 137 cm³/mol. The molecule has 33 heavy (non-hydrogen) atoms. The first-order chi connectivity index (χ1) is 15.5. The van der Waals surface area contributed by atoms with Crippen LogP contribution in [0.5, 0.6) is 0 Å². The highest BCUT2D eigenvalue weighted by molar-refractivity contribution is 5.88. The van der Waals surface area contributed by atoms with Crippen LogP contribution >= 0.6 is 0 Å². The van der Waals surface area contributed by atoms with Gasteiger partial charge in [0, 0.05) is 32.7 Å². The molecule has 192 valence electrons. The smallest absolute Gasteiger partial charge is 0.242 e. The molecule has 0 aromatic rings. The van der Waals surface area contributed by atoms with Crippen molar-refractivity contribution in [2.45, 2.75) is 85.6 Å². The minimum atomic E-state index is -0.126. The first-order valence-electron chi connectivity index (χ1n) is 13.5. The molecule has 2 amide bonds. The van der Waals surface area contributed by atoms with Crippen LogP contribution in [0.1, 0.15) is 79.6 Å². The van der Waals surface area contributed by atoms with E-state index < -0.39 is 0 Å². The van der Waals surface area contributed by atoms with Gasteiger partial charge >= 0.3 is 0 Å². The van der Waals surface area contributed by atoms with Crippen LogP contribution in [-0.2, 0) is 9.59 Å². The fourth-order valence-electron chi connectivity index (χ4n) is 5.59. The van der Waals surface area contributed by atoms with Gasteiger partial charge in [0.1, 0.15) is 0 Å². The number of hydrogen-bond acceptors (Lipinski definition) is 4. The van der Waals surface area contributed by atoms with E-state index in [1.165, 1.54) is 32.2 Å². The van der Waals surface area contributed by atoms with Crippen molar-refractivity contribution >= 4 is 11.8 Å². The van der Waals surface area contributed by atoms with Crippen LogP contribution in [0.25, 0.3) is 0 Å². The van der Waals surface area contributed by atoms with E-state index in [4.69, 9.17) is 0 Å². The Morgan fingerprint density at radius 3 is 2.12 bits per heavy atom. The summed E-state index contributed by atoms with van der Waals surface area (Å²) in [6, 6.07) is -0.126. The first kappa shape index (κ1) is 28.1. The lowest BCUT2D eigenvalue weighted by molar-refractivity contribution is -0.145. The minimum Gasteiger partial charge on any atom is -0.341 e. The molecule has 2 aliphatic heterocycles. The molecule has 0 aromatic heterocycles. The summed E-state index contributed by atoms with van der Waals surface area (Å²) in [7, 11) is 4.34. The summed E-state index contributed by atoms with van der Waals surface area (Å²) in [5, 5.41) is 3.32. The van der Waals surface area contributed by atoms with Crippen molar-refractivity contribution in [2.24, 2.45) is 23.2 Å². The average Bonchev–Trinajstić information content (AvgIpc) is 2.72. The third kappa shape index (κ3) is 9.20. The minimum absolute atomic E-state index is 0.103. The number of nitrogens with one attached hydrogen (secondary N) is 1. The van der Waals surface area contributed by atoms with Gasteiger partial charge < -0.3 is 20.0 Å². The third-order valence-electron chi connectivity index (χ3n) is 7.38. The second-order valence-corrected chi connectivity index (χ2v) is 12.2. The lowest BCUT2D eigenvalue weighted by Crippen LogP contribution is -2.58. The van der Waals surface area contributed by atoms with E-state index in [1.807, 2.05) is 4.90 Å². The predicted octanol–water partition coefficient (Wildman–Crippen LogP) is 3.86. The molecule has 1 saturated carbocycles. The van der Waals surface area contributed by atoms with Crippen LogP contribution in [0.3, 0.4) is 0 Å². The standard InChI is InChI=1S/C23H42N4O2.C4H10/c1-18(2)15-20-22(29)27(14-11-24-20)17-21(28)26-12-9-23(10-13-26)7-5-19(6-8-23)16-25(3)4;1-4(2)3/h18-20,24H,5-17H2,1-4H3;4H,1-3H3. The van der Waals surface area contributed by atoms with E-state index in [0.29, 0.717) is 17.9 Å². The number of rotatable bonds is 6. The maximum Gasteiger partial charge on any atom is 0.242 e. The zero-order valence-electron chi connectivity index (χ0n) is 22.7. The van der Waals surface area contributed by atoms with E-state index in [9.17, 15) is 9.59 Å². The van der Waals surface area contributed by atoms with E-state index in [-0.39, 0.29) is 24.4 Å². The van der Waals surface area contributed by atoms with Gasteiger partial charge in [-0.25, -0.2) is 0 Å². The van der Waals surface area contributed by atoms with Crippen LogP contribution in [0.2, 0.25) is 0 Å². The number of piperidine rings is 1. The molecule has 1 spiro atoms. The summed E-state index contributed by atoms with van der Waals surface area (Å²) in [5.41, 5.74) is 0.465. The Labute approximate surface area is 203 Å². The van der Waals surface area contributed by atoms with Crippen LogP contribution in [0.4, 0.5) is 0 Å². The van der Waals surface area contributed by atoms with Crippen molar-refractivity contribution < 1.29 is 9.59 Å². The molecule has 0 radical (unpaired) electrons. The normalized spacial score (nSPS) is 23.9. The zero-order chi connectivity index (χ0) is 24.6. The summed E-state index contributed by atoms with van der Waals surface area (Å²) < 4.78 is 0. The summed E-state index contributed by atoms with van der Waals surface area (Å²) >= 11 is 0. The lowest BCUT2D eigenvalue weighted by atomic mass is 9.65. The van der Waals surface area contributed by atoms with Crippen LogP contribution < -0.4 is 5.32 Å². The molecular formula is C27H52N4O2. The van der Waals surface area contributed by atoms with Crippen LogP contribution in [0.15, 0.2) is 0 Å². The highest BCUT2D eigenvalue weighted by Gasteiger charge is 2.39. The molecule has 1 aliphatic carbocycles. The van der Waals surface area contributed by atoms with Crippen molar-refractivity contribution in [3.8, 4) is 0 Å². The maximum absolute atomic E-state index is 12.9. The monoisotopic (exact) mass is 464 g/mol. The van der Waals surface area contributed by atoms with Gasteiger partial charge in [0.15, 0.2) is 0 Å². The maximum atomic E-state index is 12.9. The van der Waals surface area contributed by atoms with Gasteiger partial charge in [-0.05, 0) is 82.2 Å². The highest BCUT2D eigenvalue weighted by Crippen LogP contribution is 2.46. The Balaban J connectivity index is 0.000000890. The Bertz CT molecular complexity index is 598. The molecule has 2 saturated heterocycles. The van der Waals surface area contributed by atoms with Gasteiger partial charge in [0.05, 0.1) is 12.6 Å². The average molecular weight is 465 g/mol. The van der Waals surface area contributed by atoms with Crippen LogP contribution in [-0.4, -0.2) is 85.9 Å². The molecule has 1 atom stereocenters. The number of likely N-dealkylation sites (tertiary alicyclic amines) is 1. The largest absolute Gasteiger partial charge is 0.341 e. The summed E-state index contributed by atoms with van der Waals surface area (Å²) in [4.78, 5) is 31.7. The SMILES string of the molecule is CC(C)C.CC(C)CC1NCCN(CC(=O)N2CCC3(CCC(CN(C)C)CC3)CC2)C1=O. The van der Waals surface area contributed by atoms with Gasteiger partial charge in [-0.2, -0.15) is 0 Å². The zero-order valence-corrected chi connectivity index (χ0v) is 22.7. The molecular weight excluding hydrogens is 412 g/mol. The fraction of sp³-hybridized carbons (Fsp3) is 0.926. The molecule has 3 fully saturated rings. The van der Waals surface area contributed by atoms with Gasteiger partial charge in [0.25, 0.3) is 0 Å². The number of carbonyl (C=O) groups is 2. The van der Waals surface area contributed by atoms with Crippen molar-refractivity contribution in [1.82, 2.24) is 20.0 Å². The number of amides is 2. The number of piperazine rings is 1. The summed E-state index contributed by atoms with van der Waals surface area (Å²) in [6.45, 7) is 15.4. The Morgan fingerprint density at radius 1 is 1.03 bits per heavy atom. The van der Waals surface area contributed by atoms with Crippen molar-refractivity contribution in [3.05, 3.63) is 0 Å². The van der Waals surface area contributed by atoms with Crippen molar-refractivity contribution in [3.63, 3.8) is 0 Å². The fourth-order valence-corrected chi connectivity index (χ4v) is 5.59. The van der Waals surface area contributed by atoms with Crippen molar-refractivity contribution in [2.75, 3.05) is 53.4 Å². The summed E-state index contributed by atoms with van der Waals surface area (Å²) in [6.07, 6.45) is 8.42. The molecule has 6 heteroatoms. The molecule has 0 bridgehead atoms. The van der Waals surface area contributed by atoms with Crippen LogP contribution in [0, 0.1) is 23.2 Å². The van der Waals surface area contributed by atoms with E-state index in [0.717, 1.165) is 50.7 Å². The number of hydrogen-bond donors (Lipinski definition) is 1. The third-order valence-corrected chi connectivity index (χ3v) is 7.38. The quantitative estimate of drug-likeness (QED) is 0.649. The Kier molecular flexibility index (Phi) is 11.1. The second-order valence-electron chi connectivity index (χ2n) is 12.2. The molecule has 1 N–H and O–H groups in total. The Hall–Kier alpha value is -1.14. The topological polar surface area (TPSA) is 55.9 Å². The number of nitrogens with zero attached hydrogens (tertiary/aromatic N) is 3. The molecule has 0 aromatic carbocycles. The lowest BCUT2D eigenvalue weighted by Gasteiger charge is -2.46. The molecule has 3 aliphatic rings. The van der Waals surface area contributed by atoms with Gasteiger partial charge in [-0.3, -0.25) is 9.59 Å². The molecule has 6 nitrogen and oxygen atoms in total. The second kappa shape index (κ2) is 13.1. The summed E-state index contributed by atoms with van der Waals surface area (Å²) in [5.74, 6) is 2.39. The van der Waals surface area contributed by atoms with Gasteiger partial charge in [-0.1, -0.05) is 34.6 Å². The van der Waals surface area contributed by atoms with E-state index in [2.05, 4.69) is 58.9 Å². The van der Waals surface area contributed by atoms with Gasteiger partial charge in [-0.15, -0.1) is 0 Å². The molecule has 3 rings (SSSR count). The van der Waals surface area contributed by atoms with E-state index >= 15 is 0 Å². The Morgan fingerprint density at radius 2 is 1.61 bits per heavy atom. The van der Waals surface area contributed by atoms with Crippen molar-refractivity contribution in [1.29, 1.82) is 0 Å². The van der Waals surface area contributed by atoms with Gasteiger partial charge in [0.2, 0.25) is 11.8 Å². The molecule has 2 heterocycles. The number of carbonyl (C=O) groups excluding carboxylic acids is 2.